The molecule has 0 heterocycles. The van der Waals surface area contributed by atoms with Crippen LogP contribution in [0, 0.1) is 24.7 Å². The van der Waals surface area contributed by atoms with E-state index in [1.54, 1.807) is 7.11 Å². The van der Waals surface area contributed by atoms with Crippen molar-refractivity contribution in [1.29, 1.82) is 0 Å². The number of benzene rings is 1. The first-order valence-electron chi connectivity index (χ1n) is 8.43. The summed E-state index contributed by atoms with van der Waals surface area (Å²) in [6.07, 6.45) is 7.82. The Labute approximate surface area is 131 Å². The first-order chi connectivity index (χ1) is 10.5. The standard InChI is InChI=1S/C19H24O3/c1-11-3-17(22-2)16(7-15(11)18(20)21)19-8-12-4-13(9-19)6-14(5-12)10-19/h3,7,12-14H,4-6,8-10H2,1-2H3,(H,20,21). The maximum Gasteiger partial charge on any atom is 0.335 e. The highest BCUT2D eigenvalue weighted by Gasteiger charge is 2.52. The number of hydrogen-bond donors (Lipinski definition) is 1. The quantitative estimate of drug-likeness (QED) is 0.911. The minimum absolute atomic E-state index is 0.165. The highest BCUT2D eigenvalue weighted by Crippen LogP contribution is 2.62. The Balaban J connectivity index is 1.84. The largest absolute Gasteiger partial charge is 0.496 e. The summed E-state index contributed by atoms with van der Waals surface area (Å²) in [4.78, 5) is 11.6. The molecule has 118 valence electrons. The molecule has 0 amide bonds. The smallest absolute Gasteiger partial charge is 0.335 e. The predicted octanol–water partition coefficient (Wildman–Crippen LogP) is 4.17. The zero-order valence-corrected chi connectivity index (χ0v) is 13.4. The number of ether oxygens (including phenoxy) is 1. The van der Waals surface area contributed by atoms with Crippen molar-refractivity contribution >= 4 is 5.97 Å². The van der Waals surface area contributed by atoms with Gasteiger partial charge in [-0.3, -0.25) is 0 Å². The highest BCUT2D eigenvalue weighted by molar-refractivity contribution is 5.90. The molecule has 4 aliphatic rings. The second-order valence-corrected chi connectivity index (χ2v) is 7.87. The molecule has 4 fully saturated rings. The third kappa shape index (κ3) is 1.98. The average molecular weight is 300 g/mol. The minimum atomic E-state index is -0.828. The summed E-state index contributed by atoms with van der Waals surface area (Å²) in [7, 11) is 1.71. The van der Waals surface area contributed by atoms with Crippen molar-refractivity contribution in [2.75, 3.05) is 7.11 Å². The van der Waals surface area contributed by atoms with Gasteiger partial charge in [-0.15, -0.1) is 0 Å². The van der Waals surface area contributed by atoms with E-state index in [0.717, 1.165) is 34.6 Å². The molecule has 4 aliphatic carbocycles. The van der Waals surface area contributed by atoms with Crippen LogP contribution in [0.2, 0.25) is 0 Å². The maximum absolute atomic E-state index is 11.6. The minimum Gasteiger partial charge on any atom is -0.496 e. The lowest BCUT2D eigenvalue weighted by atomic mass is 9.48. The Morgan fingerprint density at radius 3 is 2.14 bits per heavy atom. The summed E-state index contributed by atoms with van der Waals surface area (Å²) in [6.45, 7) is 1.86. The molecule has 0 aliphatic heterocycles. The lowest BCUT2D eigenvalue weighted by molar-refractivity contribution is -0.00619. The summed E-state index contributed by atoms with van der Waals surface area (Å²) < 4.78 is 5.66. The number of aromatic carboxylic acids is 1. The van der Waals surface area contributed by atoms with Crippen molar-refractivity contribution in [2.45, 2.75) is 50.9 Å². The molecule has 1 N–H and O–H groups in total. The second kappa shape index (κ2) is 4.74. The van der Waals surface area contributed by atoms with Crippen molar-refractivity contribution in [3.63, 3.8) is 0 Å². The fourth-order valence-corrected chi connectivity index (χ4v) is 5.94. The van der Waals surface area contributed by atoms with Crippen molar-refractivity contribution in [1.82, 2.24) is 0 Å². The Bertz CT molecular complexity index is 597. The second-order valence-electron chi connectivity index (χ2n) is 7.87. The van der Waals surface area contributed by atoms with Crippen molar-refractivity contribution in [2.24, 2.45) is 17.8 Å². The number of methoxy groups -OCH3 is 1. The van der Waals surface area contributed by atoms with Gasteiger partial charge >= 0.3 is 5.97 Å². The van der Waals surface area contributed by atoms with Crippen molar-refractivity contribution < 1.29 is 14.6 Å². The van der Waals surface area contributed by atoms with Gasteiger partial charge in [0.1, 0.15) is 5.75 Å². The predicted molar refractivity (Wildman–Crippen MR) is 84.5 cm³/mol. The molecule has 4 bridgehead atoms. The highest BCUT2D eigenvalue weighted by atomic mass is 16.5. The topological polar surface area (TPSA) is 46.5 Å². The lowest BCUT2D eigenvalue weighted by Gasteiger charge is -2.57. The van der Waals surface area contributed by atoms with Gasteiger partial charge in [0.25, 0.3) is 0 Å². The third-order valence-corrected chi connectivity index (χ3v) is 6.39. The lowest BCUT2D eigenvalue weighted by Crippen LogP contribution is -2.48. The molecular weight excluding hydrogens is 276 g/mol. The van der Waals surface area contributed by atoms with Gasteiger partial charge in [-0.1, -0.05) is 0 Å². The number of rotatable bonds is 3. The zero-order valence-electron chi connectivity index (χ0n) is 13.4. The Morgan fingerprint density at radius 1 is 1.14 bits per heavy atom. The molecule has 5 rings (SSSR count). The van der Waals surface area contributed by atoms with Crippen LogP contribution in [0.25, 0.3) is 0 Å². The van der Waals surface area contributed by atoms with Crippen molar-refractivity contribution in [3.8, 4) is 5.75 Å². The summed E-state index contributed by atoms with van der Waals surface area (Å²) in [6, 6.07) is 3.85. The fraction of sp³-hybridized carbons (Fsp3) is 0.632. The monoisotopic (exact) mass is 300 g/mol. The van der Waals surface area contributed by atoms with Gasteiger partial charge in [0.05, 0.1) is 12.7 Å². The molecule has 0 saturated heterocycles. The van der Waals surface area contributed by atoms with E-state index < -0.39 is 5.97 Å². The molecule has 0 radical (unpaired) electrons. The molecule has 3 nitrogen and oxygen atoms in total. The molecule has 0 atom stereocenters. The van der Waals surface area contributed by atoms with Gasteiger partial charge < -0.3 is 9.84 Å². The molecule has 0 unspecified atom stereocenters. The number of carboxylic acid groups (broad SMARTS) is 1. The van der Waals surface area contributed by atoms with Gasteiger partial charge in [0, 0.05) is 5.56 Å². The van der Waals surface area contributed by atoms with Gasteiger partial charge in [0.2, 0.25) is 0 Å². The van der Waals surface area contributed by atoms with Gasteiger partial charge in [-0.2, -0.15) is 0 Å². The van der Waals surface area contributed by atoms with E-state index in [-0.39, 0.29) is 5.41 Å². The summed E-state index contributed by atoms with van der Waals surface area (Å²) in [5, 5.41) is 9.49. The van der Waals surface area contributed by atoms with Crippen LogP contribution in [0.1, 0.15) is 60.0 Å². The normalized spacial score (nSPS) is 35.6. The molecule has 4 saturated carbocycles. The van der Waals surface area contributed by atoms with Gasteiger partial charge in [0.15, 0.2) is 0 Å². The Hall–Kier alpha value is -1.51. The molecular formula is C19H24O3. The summed E-state index contributed by atoms with van der Waals surface area (Å²) >= 11 is 0. The van der Waals surface area contributed by atoms with Gasteiger partial charge in [-0.05, 0) is 86.3 Å². The molecule has 0 spiro atoms. The molecule has 1 aromatic carbocycles. The van der Waals surface area contributed by atoms with E-state index in [4.69, 9.17) is 4.74 Å². The first-order valence-corrected chi connectivity index (χ1v) is 8.43. The molecule has 22 heavy (non-hydrogen) atoms. The van der Waals surface area contributed by atoms with Gasteiger partial charge in [-0.25, -0.2) is 4.79 Å². The van der Waals surface area contributed by atoms with Crippen LogP contribution >= 0.6 is 0 Å². The van der Waals surface area contributed by atoms with Crippen LogP contribution in [-0.4, -0.2) is 18.2 Å². The number of carboxylic acids is 1. The maximum atomic E-state index is 11.6. The zero-order chi connectivity index (χ0) is 15.5. The van der Waals surface area contributed by atoms with E-state index in [9.17, 15) is 9.90 Å². The van der Waals surface area contributed by atoms with Crippen LogP contribution in [0.3, 0.4) is 0 Å². The van der Waals surface area contributed by atoms with Crippen LogP contribution in [0.15, 0.2) is 12.1 Å². The van der Waals surface area contributed by atoms with Crippen molar-refractivity contribution in [3.05, 3.63) is 28.8 Å². The Kier molecular flexibility index (Phi) is 3.04. The van der Waals surface area contributed by atoms with E-state index in [1.165, 1.54) is 38.5 Å². The third-order valence-electron chi connectivity index (χ3n) is 6.39. The number of hydrogen-bond acceptors (Lipinski definition) is 2. The van der Waals surface area contributed by atoms with E-state index in [1.807, 2.05) is 19.1 Å². The Morgan fingerprint density at radius 2 is 1.68 bits per heavy atom. The summed E-state index contributed by atoms with van der Waals surface area (Å²) in [5.41, 5.74) is 2.55. The van der Waals surface area contributed by atoms with Crippen LogP contribution in [0.4, 0.5) is 0 Å². The molecule has 1 aromatic rings. The van der Waals surface area contributed by atoms with Crippen LogP contribution in [0.5, 0.6) is 5.75 Å². The number of aryl methyl sites for hydroxylation is 1. The van der Waals surface area contributed by atoms with E-state index >= 15 is 0 Å². The number of carbonyl (C=O) groups is 1. The fourth-order valence-electron chi connectivity index (χ4n) is 5.94. The average Bonchev–Trinajstić information content (AvgIpc) is 2.44. The summed E-state index contributed by atoms with van der Waals surface area (Å²) in [5.74, 6) is 2.58. The van der Waals surface area contributed by atoms with Crippen LogP contribution < -0.4 is 4.74 Å². The van der Waals surface area contributed by atoms with Crippen LogP contribution in [-0.2, 0) is 5.41 Å². The van der Waals surface area contributed by atoms with E-state index in [2.05, 4.69) is 0 Å². The molecule has 0 aromatic heterocycles. The SMILES string of the molecule is COc1cc(C)c(C(=O)O)cc1C12CC3CC(CC(C3)C1)C2. The molecule has 3 heteroatoms. The van der Waals surface area contributed by atoms with E-state index in [0.29, 0.717) is 5.56 Å². The first kappa shape index (κ1) is 14.1.